The van der Waals surface area contributed by atoms with Crippen LogP contribution in [-0.2, 0) is 6.54 Å². The number of rotatable bonds is 4. The molecule has 1 N–H and O–H groups in total. The summed E-state index contributed by atoms with van der Waals surface area (Å²) in [4.78, 5) is 21.3. The maximum absolute atomic E-state index is 12.7. The van der Waals surface area contributed by atoms with Gasteiger partial charge in [-0.15, -0.1) is 0 Å². The molecule has 1 amide bonds. The average Bonchev–Trinajstić information content (AvgIpc) is 2.72. The van der Waals surface area contributed by atoms with Crippen LogP contribution in [0.25, 0.3) is 22.0 Å². The maximum Gasteiger partial charge on any atom is 0.252 e. The fourth-order valence-electron chi connectivity index (χ4n) is 3.05. The van der Waals surface area contributed by atoms with Gasteiger partial charge < -0.3 is 5.32 Å². The second-order valence-electron chi connectivity index (χ2n) is 5.96. The zero-order valence-electron chi connectivity index (χ0n) is 14.1. The van der Waals surface area contributed by atoms with Crippen molar-refractivity contribution in [3.05, 3.63) is 96.4 Å². The van der Waals surface area contributed by atoms with Crippen molar-refractivity contribution in [3.8, 4) is 11.3 Å². The number of aromatic nitrogens is 2. The van der Waals surface area contributed by atoms with Crippen LogP contribution in [0.3, 0.4) is 0 Å². The highest BCUT2D eigenvalue weighted by Gasteiger charge is 2.11. The third-order valence-electron chi connectivity index (χ3n) is 4.32. The van der Waals surface area contributed by atoms with E-state index in [4.69, 9.17) is 0 Å². The Hall–Kier alpha value is -3.53. The van der Waals surface area contributed by atoms with Crippen molar-refractivity contribution in [2.75, 3.05) is 0 Å². The molecule has 4 nitrogen and oxygen atoms in total. The number of nitrogens with zero attached hydrogens (tertiary/aromatic N) is 2. The lowest BCUT2D eigenvalue weighted by atomic mass is 10.0. The quantitative estimate of drug-likeness (QED) is 0.605. The van der Waals surface area contributed by atoms with Gasteiger partial charge in [-0.25, -0.2) is 0 Å². The summed E-state index contributed by atoms with van der Waals surface area (Å²) >= 11 is 0. The normalized spacial score (nSPS) is 10.6. The van der Waals surface area contributed by atoms with E-state index >= 15 is 0 Å². The number of hydrogen-bond donors (Lipinski definition) is 1. The molecule has 26 heavy (non-hydrogen) atoms. The van der Waals surface area contributed by atoms with Gasteiger partial charge in [0.05, 0.1) is 5.69 Å². The van der Waals surface area contributed by atoms with Crippen LogP contribution in [0.5, 0.6) is 0 Å². The first-order valence-electron chi connectivity index (χ1n) is 8.43. The highest BCUT2D eigenvalue weighted by molar-refractivity contribution is 6.07. The van der Waals surface area contributed by atoms with Crippen LogP contribution < -0.4 is 5.32 Å². The summed E-state index contributed by atoms with van der Waals surface area (Å²) in [5, 5.41) is 5.03. The van der Waals surface area contributed by atoms with Crippen LogP contribution in [0.15, 0.2) is 85.3 Å². The topological polar surface area (TPSA) is 54.9 Å². The number of nitrogens with one attached hydrogen (secondary N) is 1. The van der Waals surface area contributed by atoms with E-state index < -0.39 is 0 Å². The van der Waals surface area contributed by atoms with Gasteiger partial charge in [-0.3, -0.25) is 14.8 Å². The van der Waals surface area contributed by atoms with Crippen LogP contribution in [0, 0.1) is 0 Å². The molecule has 0 aliphatic heterocycles. The fraction of sp³-hybridized carbons (Fsp3) is 0.0455. The number of hydrogen-bond acceptors (Lipinski definition) is 3. The molecule has 2 aromatic heterocycles. The number of benzene rings is 2. The molecular formula is C22H17N3O. The van der Waals surface area contributed by atoms with E-state index in [0.29, 0.717) is 12.1 Å². The van der Waals surface area contributed by atoms with Gasteiger partial charge in [-0.05, 0) is 40.6 Å². The highest BCUT2D eigenvalue weighted by atomic mass is 16.1. The number of carbonyl (C=O) groups excluding carboxylic acids is 1. The lowest BCUT2D eigenvalue weighted by Gasteiger charge is -2.11. The van der Waals surface area contributed by atoms with E-state index in [2.05, 4.69) is 15.3 Å². The molecule has 0 bridgehead atoms. The van der Waals surface area contributed by atoms with Crippen molar-refractivity contribution in [1.29, 1.82) is 0 Å². The van der Waals surface area contributed by atoms with Gasteiger partial charge in [0.25, 0.3) is 5.91 Å². The van der Waals surface area contributed by atoms with E-state index in [1.807, 2.05) is 66.7 Å². The van der Waals surface area contributed by atoms with E-state index in [-0.39, 0.29) is 5.91 Å². The molecule has 0 radical (unpaired) electrons. The predicted molar refractivity (Wildman–Crippen MR) is 103 cm³/mol. The average molecular weight is 339 g/mol. The fourth-order valence-corrected chi connectivity index (χ4v) is 3.05. The number of pyridine rings is 2. The van der Waals surface area contributed by atoms with E-state index in [1.54, 1.807) is 18.6 Å². The minimum atomic E-state index is -0.0914. The zero-order chi connectivity index (χ0) is 17.8. The molecule has 2 aromatic carbocycles. The third kappa shape index (κ3) is 3.17. The monoisotopic (exact) mass is 339 g/mol. The second-order valence-corrected chi connectivity index (χ2v) is 5.96. The number of fused-ring (bicyclic) bond motifs is 1. The Morgan fingerprint density at radius 1 is 0.846 bits per heavy atom. The van der Waals surface area contributed by atoms with Gasteiger partial charge in [0.15, 0.2) is 0 Å². The Morgan fingerprint density at radius 3 is 2.54 bits per heavy atom. The van der Waals surface area contributed by atoms with Crippen LogP contribution in [-0.4, -0.2) is 15.9 Å². The molecule has 4 heteroatoms. The van der Waals surface area contributed by atoms with Crippen molar-refractivity contribution in [1.82, 2.24) is 15.3 Å². The van der Waals surface area contributed by atoms with Crippen LogP contribution in [0.2, 0.25) is 0 Å². The standard InChI is InChI=1S/C22H17N3O/c26-22(20-9-3-6-16-5-1-2-8-19(16)20)25-15-18-7-4-12-24-21(18)17-10-13-23-14-11-17/h1-14H,15H2,(H,25,26). The first kappa shape index (κ1) is 16.0. The molecule has 0 saturated heterocycles. The molecule has 0 unspecified atom stereocenters. The van der Waals surface area contributed by atoms with Crippen LogP contribution >= 0.6 is 0 Å². The summed E-state index contributed by atoms with van der Waals surface area (Å²) in [5.41, 5.74) is 3.48. The van der Waals surface area contributed by atoms with Crippen molar-refractivity contribution >= 4 is 16.7 Å². The lowest BCUT2D eigenvalue weighted by Crippen LogP contribution is -2.23. The highest BCUT2D eigenvalue weighted by Crippen LogP contribution is 2.21. The Balaban J connectivity index is 1.59. The van der Waals surface area contributed by atoms with Crippen LogP contribution in [0.1, 0.15) is 15.9 Å². The Morgan fingerprint density at radius 2 is 1.65 bits per heavy atom. The summed E-state index contributed by atoms with van der Waals surface area (Å²) in [6.07, 6.45) is 5.23. The van der Waals surface area contributed by atoms with Gasteiger partial charge in [-0.1, -0.05) is 42.5 Å². The second kappa shape index (κ2) is 7.15. The van der Waals surface area contributed by atoms with Crippen molar-refractivity contribution in [3.63, 3.8) is 0 Å². The van der Waals surface area contributed by atoms with E-state index in [9.17, 15) is 4.79 Å². The molecule has 0 atom stereocenters. The van der Waals surface area contributed by atoms with Gasteiger partial charge in [-0.2, -0.15) is 0 Å². The Labute approximate surface area is 151 Å². The summed E-state index contributed by atoms with van der Waals surface area (Å²) in [7, 11) is 0. The molecule has 0 aliphatic carbocycles. The maximum atomic E-state index is 12.7. The molecule has 0 fully saturated rings. The molecule has 0 aliphatic rings. The predicted octanol–water partition coefficient (Wildman–Crippen LogP) is 4.23. The largest absolute Gasteiger partial charge is 0.348 e. The number of carbonyl (C=O) groups is 1. The van der Waals surface area contributed by atoms with Gasteiger partial charge >= 0.3 is 0 Å². The van der Waals surface area contributed by atoms with Crippen molar-refractivity contribution in [2.45, 2.75) is 6.54 Å². The third-order valence-corrected chi connectivity index (χ3v) is 4.32. The first-order valence-corrected chi connectivity index (χ1v) is 8.43. The molecule has 4 rings (SSSR count). The summed E-state index contributed by atoms with van der Waals surface area (Å²) < 4.78 is 0. The lowest BCUT2D eigenvalue weighted by molar-refractivity contribution is 0.0952. The molecular weight excluding hydrogens is 322 g/mol. The smallest absolute Gasteiger partial charge is 0.252 e. The molecule has 126 valence electrons. The summed E-state index contributed by atoms with van der Waals surface area (Å²) in [6, 6.07) is 21.4. The SMILES string of the molecule is O=C(NCc1cccnc1-c1ccncc1)c1cccc2ccccc12. The minimum Gasteiger partial charge on any atom is -0.348 e. The molecule has 0 saturated carbocycles. The van der Waals surface area contributed by atoms with Crippen molar-refractivity contribution in [2.24, 2.45) is 0 Å². The summed E-state index contributed by atoms with van der Waals surface area (Å²) in [5.74, 6) is -0.0914. The zero-order valence-corrected chi connectivity index (χ0v) is 14.1. The van der Waals surface area contributed by atoms with E-state index in [0.717, 1.165) is 27.6 Å². The Kier molecular flexibility index (Phi) is 4.39. The molecule has 4 aromatic rings. The number of amides is 1. The van der Waals surface area contributed by atoms with E-state index in [1.165, 1.54) is 0 Å². The van der Waals surface area contributed by atoms with Crippen molar-refractivity contribution < 1.29 is 4.79 Å². The molecule has 2 heterocycles. The first-order chi connectivity index (χ1) is 12.8. The van der Waals surface area contributed by atoms with Crippen LogP contribution in [0.4, 0.5) is 0 Å². The molecule has 0 spiro atoms. The Bertz CT molecular complexity index is 1060. The van der Waals surface area contributed by atoms with Gasteiger partial charge in [0.2, 0.25) is 0 Å². The van der Waals surface area contributed by atoms with Gasteiger partial charge in [0, 0.05) is 36.3 Å². The summed E-state index contributed by atoms with van der Waals surface area (Å²) in [6.45, 7) is 0.410. The van der Waals surface area contributed by atoms with Gasteiger partial charge in [0.1, 0.15) is 0 Å². The minimum absolute atomic E-state index is 0.0914.